The van der Waals surface area contributed by atoms with E-state index in [4.69, 9.17) is 4.74 Å². The first-order chi connectivity index (χ1) is 9.48. The molecule has 0 aromatic carbocycles. The van der Waals surface area contributed by atoms with Crippen molar-refractivity contribution in [1.29, 1.82) is 0 Å². The molecule has 23 heavy (non-hydrogen) atoms. The SMILES string of the molecule is CCCOC1(SC2=[C-]CC=C2)CC=CC=C1C(C)(C)C.[Cl-].[Cl-].[Ti+3]. The standard InChI is InChI=1S/C18H25OS.2ClH.Ti/c1-5-14-19-18(20-15-10-6-7-11-15)13-9-8-12-16(18)17(2,3)4;;;/h6,8-10,12H,5,7,13-14H2,1-4H3;2*1H;/q-1;;;+3/p-2. The Morgan fingerprint density at radius 2 is 1.96 bits per heavy atom. The minimum absolute atomic E-state index is 0. The maximum Gasteiger partial charge on any atom is 3.00 e. The van der Waals surface area contributed by atoms with E-state index in [1.54, 1.807) is 0 Å². The average Bonchev–Trinajstić information content (AvgIpc) is 2.88. The largest absolute Gasteiger partial charge is 3.00 e. The van der Waals surface area contributed by atoms with Crippen LogP contribution in [0, 0.1) is 11.5 Å². The van der Waals surface area contributed by atoms with Gasteiger partial charge in [0.15, 0.2) is 0 Å². The molecule has 0 fully saturated rings. The molecule has 5 heteroatoms. The van der Waals surface area contributed by atoms with Crippen molar-refractivity contribution < 1.29 is 51.3 Å². The Labute approximate surface area is 173 Å². The molecule has 0 spiro atoms. The molecule has 0 aromatic rings. The summed E-state index contributed by atoms with van der Waals surface area (Å²) in [5.41, 5.74) is 1.48. The molecule has 1 atom stereocenters. The van der Waals surface area contributed by atoms with Crippen LogP contribution in [-0.2, 0) is 26.5 Å². The summed E-state index contributed by atoms with van der Waals surface area (Å²) in [5.74, 6) is 0. The molecular weight excluding hydrogens is 383 g/mol. The second-order valence-electron chi connectivity index (χ2n) is 6.31. The van der Waals surface area contributed by atoms with Crippen molar-refractivity contribution in [3.05, 3.63) is 46.9 Å². The molecule has 0 bridgehead atoms. The van der Waals surface area contributed by atoms with Crippen LogP contribution in [0.2, 0.25) is 0 Å². The summed E-state index contributed by atoms with van der Waals surface area (Å²) in [6, 6.07) is 0. The third-order valence-corrected chi connectivity index (χ3v) is 4.82. The van der Waals surface area contributed by atoms with Crippen molar-refractivity contribution in [2.45, 2.75) is 51.9 Å². The Morgan fingerprint density at radius 1 is 1.26 bits per heavy atom. The van der Waals surface area contributed by atoms with Gasteiger partial charge in [-0.2, -0.15) is 11.0 Å². The van der Waals surface area contributed by atoms with Crippen molar-refractivity contribution in [3.63, 3.8) is 0 Å². The van der Waals surface area contributed by atoms with Crippen LogP contribution in [0.15, 0.2) is 40.9 Å². The van der Waals surface area contributed by atoms with E-state index < -0.39 is 0 Å². The summed E-state index contributed by atoms with van der Waals surface area (Å²) in [5, 5.41) is 0. The zero-order chi connectivity index (χ0) is 14.6. The van der Waals surface area contributed by atoms with E-state index in [9.17, 15) is 0 Å². The van der Waals surface area contributed by atoms with Crippen LogP contribution < -0.4 is 24.8 Å². The molecule has 1 nitrogen and oxygen atoms in total. The van der Waals surface area contributed by atoms with E-state index in [1.165, 1.54) is 10.5 Å². The van der Waals surface area contributed by atoms with Gasteiger partial charge in [-0.25, -0.2) is 6.08 Å². The van der Waals surface area contributed by atoms with E-state index >= 15 is 0 Å². The van der Waals surface area contributed by atoms with Gasteiger partial charge >= 0.3 is 21.7 Å². The predicted molar refractivity (Wildman–Crippen MR) is 88.4 cm³/mol. The molecule has 1 radical (unpaired) electrons. The van der Waals surface area contributed by atoms with Crippen LogP contribution in [0.25, 0.3) is 0 Å². The summed E-state index contributed by atoms with van der Waals surface area (Å²) in [4.78, 5) is 0.951. The fourth-order valence-corrected chi connectivity index (χ4v) is 4.09. The first-order valence-electron chi connectivity index (χ1n) is 7.46. The first-order valence-corrected chi connectivity index (χ1v) is 8.28. The minimum atomic E-state index is -0.264. The molecule has 0 aliphatic heterocycles. The molecule has 0 amide bonds. The number of thioether (sulfide) groups is 1. The van der Waals surface area contributed by atoms with Gasteiger partial charge in [-0.15, -0.1) is 18.2 Å². The molecule has 0 aromatic heterocycles. The van der Waals surface area contributed by atoms with E-state index in [0.29, 0.717) is 0 Å². The van der Waals surface area contributed by atoms with Gasteiger partial charge in [0.05, 0.1) is 0 Å². The second kappa shape index (κ2) is 11.2. The summed E-state index contributed by atoms with van der Waals surface area (Å²) < 4.78 is 6.37. The molecule has 2 rings (SSSR count). The summed E-state index contributed by atoms with van der Waals surface area (Å²) >= 11 is 1.83. The van der Waals surface area contributed by atoms with E-state index in [-0.39, 0.29) is 56.9 Å². The molecule has 0 saturated heterocycles. The van der Waals surface area contributed by atoms with Crippen molar-refractivity contribution in [2.75, 3.05) is 6.61 Å². The van der Waals surface area contributed by atoms with Crippen molar-refractivity contribution in [1.82, 2.24) is 0 Å². The Morgan fingerprint density at radius 3 is 2.48 bits per heavy atom. The smallest absolute Gasteiger partial charge is 1.00 e. The van der Waals surface area contributed by atoms with Crippen molar-refractivity contribution in [3.8, 4) is 0 Å². The van der Waals surface area contributed by atoms with Gasteiger partial charge in [0.1, 0.15) is 4.93 Å². The third-order valence-electron chi connectivity index (χ3n) is 3.48. The fourth-order valence-electron chi connectivity index (χ4n) is 2.61. The number of halogens is 2. The van der Waals surface area contributed by atoms with Gasteiger partial charge in [-0.3, -0.25) is 6.08 Å². The van der Waals surface area contributed by atoms with Crippen LogP contribution in [0.4, 0.5) is 0 Å². The normalized spacial score (nSPS) is 22.4. The fraction of sp³-hybridized carbons (Fsp3) is 0.556. The zero-order valence-electron chi connectivity index (χ0n) is 14.3. The predicted octanol–water partition coefficient (Wildman–Crippen LogP) is -0.573. The monoisotopic (exact) mass is 407 g/mol. The van der Waals surface area contributed by atoms with Gasteiger partial charge in [-0.1, -0.05) is 45.9 Å². The first kappa shape index (κ1) is 25.8. The number of allylic oxidation sites excluding steroid dienone is 5. The van der Waals surface area contributed by atoms with Crippen LogP contribution in [0.1, 0.15) is 47.0 Å². The van der Waals surface area contributed by atoms with Gasteiger partial charge in [-0.05, 0) is 17.4 Å². The number of hydrogen-bond donors (Lipinski definition) is 0. The van der Waals surface area contributed by atoms with Crippen molar-refractivity contribution >= 4 is 11.8 Å². The third kappa shape index (κ3) is 6.76. The van der Waals surface area contributed by atoms with Crippen molar-refractivity contribution in [2.24, 2.45) is 5.41 Å². The maximum absolute atomic E-state index is 6.37. The Balaban J connectivity index is 0. The van der Waals surface area contributed by atoms with Gasteiger partial charge in [0.25, 0.3) is 0 Å². The van der Waals surface area contributed by atoms with E-state index in [0.717, 1.165) is 25.9 Å². The average molecular weight is 408 g/mol. The molecule has 2 aliphatic carbocycles. The quantitative estimate of drug-likeness (QED) is 0.343. The van der Waals surface area contributed by atoms with Crippen LogP contribution >= 0.6 is 11.8 Å². The molecule has 0 saturated carbocycles. The Kier molecular flexibility index (Phi) is 12.6. The molecule has 0 heterocycles. The number of hydrogen-bond acceptors (Lipinski definition) is 2. The van der Waals surface area contributed by atoms with Gasteiger partial charge < -0.3 is 29.6 Å². The van der Waals surface area contributed by atoms with Crippen LogP contribution in [0.5, 0.6) is 0 Å². The maximum atomic E-state index is 6.37. The van der Waals surface area contributed by atoms with Gasteiger partial charge in [0, 0.05) is 13.0 Å². The zero-order valence-corrected chi connectivity index (χ0v) is 18.2. The van der Waals surface area contributed by atoms with Gasteiger partial charge in [0.2, 0.25) is 0 Å². The number of ether oxygens (including phenoxy) is 1. The topological polar surface area (TPSA) is 9.23 Å². The van der Waals surface area contributed by atoms with E-state index in [1.807, 2.05) is 11.8 Å². The van der Waals surface area contributed by atoms with Crippen LogP contribution in [0.3, 0.4) is 0 Å². The van der Waals surface area contributed by atoms with E-state index in [2.05, 4.69) is 64.2 Å². The molecular formula is C18H25Cl2OSTi. The van der Waals surface area contributed by atoms with Crippen LogP contribution in [-0.4, -0.2) is 11.5 Å². The summed E-state index contributed by atoms with van der Waals surface area (Å²) in [7, 11) is 0. The summed E-state index contributed by atoms with van der Waals surface area (Å²) in [6.45, 7) is 9.77. The Bertz CT molecular complexity index is 478. The molecule has 1 unspecified atom stereocenters. The Hall–Kier alpha value is 0.564. The molecule has 2 aliphatic rings. The minimum Gasteiger partial charge on any atom is -1.00 e. The number of rotatable bonds is 5. The summed E-state index contributed by atoms with van der Waals surface area (Å²) in [6.07, 6.45) is 17.3. The second-order valence-corrected chi connectivity index (χ2v) is 7.62. The molecule has 127 valence electrons. The molecule has 0 N–H and O–H groups in total.